The van der Waals surface area contributed by atoms with E-state index in [2.05, 4.69) is 22.1 Å². The maximum Gasteiger partial charge on any atom is 0.253 e. The Bertz CT molecular complexity index is 518. The zero-order valence-electron chi connectivity index (χ0n) is 12.8. The van der Waals surface area contributed by atoms with Crippen LogP contribution in [-0.2, 0) is 4.74 Å². The highest BCUT2D eigenvalue weighted by Gasteiger charge is 2.17. The summed E-state index contributed by atoms with van der Waals surface area (Å²) in [5.74, 6) is 5.73. The fraction of sp³-hybridized carbons (Fsp3) is 0.500. The number of hydrogen-bond acceptors (Lipinski definition) is 4. The summed E-state index contributed by atoms with van der Waals surface area (Å²) in [7, 11) is 0. The Morgan fingerprint density at radius 3 is 2.86 bits per heavy atom. The van der Waals surface area contributed by atoms with Crippen molar-refractivity contribution in [1.82, 2.24) is 10.3 Å². The number of rotatable bonds is 6. The minimum Gasteiger partial charge on any atom is -0.380 e. The molecule has 0 bridgehead atoms. The molecule has 5 heteroatoms. The van der Waals surface area contributed by atoms with Crippen LogP contribution in [0.3, 0.4) is 0 Å². The average Bonchev–Trinajstić information content (AvgIpc) is 2.49. The number of hydrogen-bond donors (Lipinski definition) is 2. The summed E-state index contributed by atoms with van der Waals surface area (Å²) < 4.78 is 5.40. The topological polar surface area (TPSA) is 77.2 Å². The quantitative estimate of drug-likeness (QED) is 0.771. The lowest BCUT2D eigenvalue weighted by Gasteiger charge is -2.22. The second-order valence-corrected chi connectivity index (χ2v) is 4.95. The molecule has 1 amide bonds. The average molecular weight is 289 g/mol. The van der Waals surface area contributed by atoms with Gasteiger partial charge < -0.3 is 15.8 Å². The van der Waals surface area contributed by atoms with Crippen LogP contribution in [-0.4, -0.2) is 36.7 Å². The fourth-order valence-corrected chi connectivity index (χ4v) is 1.68. The SMILES string of the molecule is CCOCC(NC(=O)c1cncc(C#CCN)c1)C(C)C. The summed E-state index contributed by atoms with van der Waals surface area (Å²) in [5, 5.41) is 2.97. The minimum atomic E-state index is -0.169. The summed E-state index contributed by atoms with van der Waals surface area (Å²) in [4.78, 5) is 16.3. The standard InChI is InChI=1S/C16H23N3O2/c1-4-21-11-15(12(2)3)19-16(20)14-8-13(6-5-7-17)9-18-10-14/h8-10,12,15H,4,7,11,17H2,1-3H3,(H,19,20). The van der Waals surface area contributed by atoms with Crippen LogP contribution in [0, 0.1) is 17.8 Å². The molecular formula is C16H23N3O2. The molecule has 21 heavy (non-hydrogen) atoms. The zero-order valence-corrected chi connectivity index (χ0v) is 12.8. The van der Waals surface area contributed by atoms with E-state index in [1.165, 1.54) is 6.20 Å². The number of nitrogens with one attached hydrogen (secondary N) is 1. The van der Waals surface area contributed by atoms with Gasteiger partial charge in [-0.25, -0.2) is 0 Å². The second-order valence-electron chi connectivity index (χ2n) is 4.95. The lowest BCUT2D eigenvalue weighted by Crippen LogP contribution is -2.42. The van der Waals surface area contributed by atoms with Crippen LogP contribution in [0.5, 0.6) is 0 Å². The molecule has 0 radical (unpaired) electrons. The van der Waals surface area contributed by atoms with E-state index in [-0.39, 0.29) is 24.4 Å². The molecule has 3 N–H and O–H groups in total. The molecule has 1 heterocycles. The smallest absolute Gasteiger partial charge is 0.253 e. The summed E-state index contributed by atoms with van der Waals surface area (Å²) in [5.41, 5.74) is 6.50. The molecule has 0 aliphatic heterocycles. The second kappa shape index (κ2) is 9.11. The van der Waals surface area contributed by atoms with Crippen molar-refractivity contribution < 1.29 is 9.53 Å². The first-order valence-corrected chi connectivity index (χ1v) is 7.11. The van der Waals surface area contributed by atoms with Crippen LogP contribution in [0.4, 0.5) is 0 Å². The highest BCUT2D eigenvalue weighted by atomic mass is 16.5. The van der Waals surface area contributed by atoms with Crippen molar-refractivity contribution in [2.45, 2.75) is 26.8 Å². The van der Waals surface area contributed by atoms with Crippen LogP contribution in [0.1, 0.15) is 36.7 Å². The third-order valence-electron chi connectivity index (χ3n) is 2.96. The van der Waals surface area contributed by atoms with Gasteiger partial charge in [0.1, 0.15) is 0 Å². The number of amides is 1. The van der Waals surface area contributed by atoms with Gasteiger partial charge in [-0.05, 0) is 18.9 Å². The van der Waals surface area contributed by atoms with Gasteiger partial charge in [-0.15, -0.1) is 0 Å². The molecule has 0 saturated carbocycles. The number of ether oxygens (including phenoxy) is 1. The monoisotopic (exact) mass is 289 g/mol. The largest absolute Gasteiger partial charge is 0.380 e. The van der Waals surface area contributed by atoms with Crippen LogP contribution in [0.25, 0.3) is 0 Å². The number of nitrogens with zero attached hydrogens (tertiary/aromatic N) is 1. The molecule has 0 saturated heterocycles. The van der Waals surface area contributed by atoms with E-state index in [1.807, 2.05) is 20.8 Å². The van der Waals surface area contributed by atoms with Gasteiger partial charge in [0.15, 0.2) is 0 Å². The van der Waals surface area contributed by atoms with Gasteiger partial charge in [0.25, 0.3) is 5.91 Å². The first kappa shape index (κ1) is 17.2. The summed E-state index contributed by atoms with van der Waals surface area (Å²) >= 11 is 0. The highest BCUT2D eigenvalue weighted by molar-refractivity contribution is 5.94. The molecule has 0 aliphatic rings. The summed E-state index contributed by atoms with van der Waals surface area (Å²) in [6.07, 6.45) is 3.14. The lowest BCUT2D eigenvalue weighted by atomic mass is 10.0. The Kier molecular flexibility index (Phi) is 7.44. The van der Waals surface area contributed by atoms with Gasteiger partial charge in [0, 0.05) is 24.6 Å². The molecule has 0 aliphatic carbocycles. The number of nitrogens with two attached hydrogens (primary N) is 1. The van der Waals surface area contributed by atoms with Crippen LogP contribution in [0.15, 0.2) is 18.5 Å². The molecule has 114 valence electrons. The maximum atomic E-state index is 12.3. The molecule has 1 unspecified atom stereocenters. The molecular weight excluding hydrogens is 266 g/mol. The Morgan fingerprint density at radius 2 is 2.24 bits per heavy atom. The van der Waals surface area contributed by atoms with E-state index in [9.17, 15) is 4.79 Å². The van der Waals surface area contributed by atoms with E-state index in [4.69, 9.17) is 10.5 Å². The maximum absolute atomic E-state index is 12.3. The van der Waals surface area contributed by atoms with Crippen molar-refractivity contribution in [3.8, 4) is 11.8 Å². The Hall–Kier alpha value is -1.90. The van der Waals surface area contributed by atoms with Gasteiger partial charge >= 0.3 is 0 Å². The van der Waals surface area contributed by atoms with E-state index < -0.39 is 0 Å². The number of aromatic nitrogens is 1. The molecule has 1 aromatic heterocycles. The van der Waals surface area contributed by atoms with Gasteiger partial charge in [-0.2, -0.15) is 0 Å². The van der Waals surface area contributed by atoms with E-state index in [1.54, 1.807) is 12.3 Å². The van der Waals surface area contributed by atoms with Crippen LogP contribution >= 0.6 is 0 Å². The Balaban J connectivity index is 2.77. The van der Waals surface area contributed by atoms with Crippen LogP contribution in [0.2, 0.25) is 0 Å². The van der Waals surface area contributed by atoms with Gasteiger partial charge in [0.05, 0.1) is 24.8 Å². The minimum absolute atomic E-state index is 0.0313. The number of pyridine rings is 1. The van der Waals surface area contributed by atoms with Crippen molar-refractivity contribution in [3.63, 3.8) is 0 Å². The predicted molar refractivity (Wildman–Crippen MR) is 82.8 cm³/mol. The van der Waals surface area contributed by atoms with E-state index in [0.29, 0.717) is 24.3 Å². The normalized spacial score (nSPS) is 11.7. The van der Waals surface area contributed by atoms with Crippen molar-refractivity contribution in [2.75, 3.05) is 19.8 Å². The van der Waals surface area contributed by atoms with Gasteiger partial charge in [-0.1, -0.05) is 25.7 Å². The van der Waals surface area contributed by atoms with Gasteiger partial charge in [0.2, 0.25) is 0 Å². The molecule has 1 rings (SSSR count). The van der Waals surface area contributed by atoms with Crippen molar-refractivity contribution in [1.29, 1.82) is 0 Å². The molecule has 1 aromatic rings. The molecule has 0 fully saturated rings. The lowest BCUT2D eigenvalue weighted by molar-refractivity contribution is 0.0806. The van der Waals surface area contributed by atoms with Gasteiger partial charge in [-0.3, -0.25) is 9.78 Å². The van der Waals surface area contributed by atoms with Crippen molar-refractivity contribution in [2.24, 2.45) is 11.7 Å². The van der Waals surface area contributed by atoms with Crippen molar-refractivity contribution in [3.05, 3.63) is 29.6 Å². The molecule has 0 aromatic carbocycles. The van der Waals surface area contributed by atoms with Crippen molar-refractivity contribution >= 4 is 5.91 Å². The Morgan fingerprint density at radius 1 is 1.48 bits per heavy atom. The first-order chi connectivity index (χ1) is 10.1. The summed E-state index contributed by atoms with van der Waals surface area (Å²) in [6.45, 7) is 7.43. The van der Waals surface area contributed by atoms with E-state index in [0.717, 1.165) is 0 Å². The van der Waals surface area contributed by atoms with Crippen LogP contribution < -0.4 is 11.1 Å². The number of carbonyl (C=O) groups is 1. The summed E-state index contributed by atoms with van der Waals surface area (Å²) in [6, 6.07) is 1.68. The fourth-order valence-electron chi connectivity index (χ4n) is 1.68. The molecule has 1 atom stereocenters. The first-order valence-electron chi connectivity index (χ1n) is 7.11. The number of carbonyl (C=O) groups excluding carboxylic acids is 1. The molecule has 0 spiro atoms. The highest BCUT2D eigenvalue weighted by Crippen LogP contribution is 2.06. The third-order valence-corrected chi connectivity index (χ3v) is 2.96. The predicted octanol–water partition coefficient (Wildman–Crippen LogP) is 1.18. The molecule has 5 nitrogen and oxygen atoms in total. The Labute approximate surface area is 126 Å². The zero-order chi connectivity index (χ0) is 15.7. The third kappa shape index (κ3) is 5.94. The van der Waals surface area contributed by atoms with E-state index >= 15 is 0 Å².